The van der Waals surface area contributed by atoms with E-state index in [1.54, 1.807) is 0 Å². The van der Waals surface area contributed by atoms with Crippen LogP contribution in [0.5, 0.6) is 0 Å². The summed E-state index contributed by atoms with van der Waals surface area (Å²) in [4.78, 5) is 11.0. The lowest BCUT2D eigenvalue weighted by Gasteiger charge is -2.26. The third-order valence-corrected chi connectivity index (χ3v) is 4.10. The summed E-state index contributed by atoms with van der Waals surface area (Å²) in [7, 11) is 0. The van der Waals surface area contributed by atoms with Crippen molar-refractivity contribution in [2.45, 2.75) is 44.1 Å². The van der Waals surface area contributed by atoms with Crippen LogP contribution in [-0.2, 0) is 4.79 Å². The van der Waals surface area contributed by atoms with Crippen molar-refractivity contribution in [3.8, 4) is 0 Å². The number of hydrogen-bond donors (Lipinski definition) is 2. The number of hydrogen-bond acceptors (Lipinski definition) is 2. The lowest BCUT2D eigenvalue weighted by atomic mass is 9.87. The van der Waals surface area contributed by atoms with Gasteiger partial charge in [-0.2, -0.15) is 0 Å². The van der Waals surface area contributed by atoms with Crippen molar-refractivity contribution in [3.63, 3.8) is 0 Å². The van der Waals surface area contributed by atoms with Crippen LogP contribution in [0.2, 0.25) is 5.02 Å². The van der Waals surface area contributed by atoms with Crippen LogP contribution in [0.1, 0.15) is 43.6 Å². The first-order chi connectivity index (χ1) is 9.16. The molecule has 4 heteroatoms. The smallest absolute Gasteiger partial charge is 0.231 e. The molecule has 19 heavy (non-hydrogen) atoms. The van der Waals surface area contributed by atoms with Crippen LogP contribution in [0.25, 0.3) is 0 Å². The van der Waals surface area contributed by atoms with Crippen LogP contribution in [0.4, 0.5) is 0 Å². The second-order valence-corrected chi connectivity index (χ2v) is 5.69. The van der Waals surface area contributed by atoms with Crippen molar-refractivity contribution >= 4 is 17.5 Å². The topological polar surface area (TPSA) is 55.1 Å². The highest BCUT2D eigenvalue weighted by atomic mass is 35.5. The SMILES string of the molecule is NC(=O)CNC1CCCCCC1c1ccc(Cl)cc1. The van der Waals surface area contributed by atoms with Gasteiger partial charge in [-0.1, -0.05) is 43.0 Å². The van der Waals surface area contributed by atoms with Crippen LogP contribution >= 0.6 is 11.6 Å². The minimum atomic E-state index is -0.292. The lowest BCUT2D eigenvalue weighted by Crippen LogP contribution is -2.39. The van der Waals surface area contributed by atoms with Gasteiger partial charge in [-0.25, -0.2) is 0 Å². The Kier molecular flexibility index (Phi) is 5.23. The zero-order chi connectivity index (χ0) is 13.7. The van der Waals surface area contributed by atoms with Crippen LogP contribution in [0, 0.1) is 0 Å². The Labute approximate surface area is 119 Å². The molecule has 0 saturated heterocycles. The van der Waals surface area contributed by atoms with E-state index in [-0.39, 0.29) is 12.5 Å². The third kappa shape index (κ3) is 4.22. The van der Waals surface area contributed by atoms with E-state index in [1.165, 1.54) is 24.8 Å². The van der Waals surface area contributed by atoms with Gasteiger partial charge in [0.15, 0.2) is 0 Å². The summed E-state index contributed by atoms with van der Waals surface area (Å²) in [6, 6.07) is 8.39. The molecule has 0 aliphatic heterocycles. The zero-order valence-corrected chi connectivity index (χ0v) is 11.8. The molecule has 1 aliphatic rings. The van der Waals surface area contributed by atoms with Gasteiger partial charge in [0.2, 0.25) is 5.91 Å². The summed E-state index contributed by atoms with van der Waals surface area (Å²) in [6.07, 6.45) is 5.96. The van der Waals surface area contributed by atoms with Crippen molar-refractivity contribution in [2.75, 3.05) is 6.54 Å². The summed E-state index contributed by atoms with van der Waals surface area (Å²) < 4.78 is 0. The molecule has 2 atom stereocenters. The molecule has 0 heterocycles. The Morgan fingerprint density at radius 2 is 1.89 bits per heavy atom. The van der Waals surface area contributed by atoms with Crippen LogP contribution in [0.15, 0.2) is 24.3 Å². The monoisotopic (exact) mass is 280 g/mol. The van der Waals surface area contributed by atoms with E-state index in [4.69, 9.17) is 17.3 Å². The third-order valence-electron chi connectivity index (χ3n) is 3.85. The van der Waals surface area contributed by atoms with E-state index >= 15 is 0 Å². The Morgan fingerprint density at radius 1 is 1.21 bits per heavy atom. The van der Waals surface area contributed by atoms with E-state index < -0.39 is 0 Å². The molecule has 3 nitrogen and oxygen atoms in total. The van der Waals surface area contributed by atoms with Gasteiger partial charge in [-0.05, 0) is 36.5 Å². The molecule has 3 N–H and O–H groups in total. The zero-order valence-electron chi connectivity index (χ0n) is 11.1. The predicted octanol–water partition coefficient (Wildman–Crippen LogP) is 2.83. The maximum absolute atomic E-state index is 11.0. The van der Waals surface area contributed by atoms with Crippen LogP contribution < -0.4 is 11.1 Å². The molecule has 1 amide bonds. The number of benzene rings is 1. The summed E-state index contributed by atoms with van der Waals surface area (Å²) in [5, 5.41) is 4.08. The molecule has 1 aromatic rings. The first kappa shape index (κ1) is 14.4. The highest BCUT2D eigenvalue weighted by molar-refractivity contribution is 6.30. The largest absolute Gasteiger partial charge is 0.369 e. The molecule has 0 radical (unpaired) electrons. The van der Waals surface area contributed by atoms with Crippen molar-refractivity contribution < 1.29 is 4.79 Å². The average molecular weight is 281 g/mol. The number of carbonyl (C=O) groups is 1. The second kappa shape index (κ2) is 6.92. The quantitative estimate of drug-likeness (QED) is 0.833. The fourth-order valence-electron chi connectivity index (χ4n) is 2.89. The van der Waals surface area contributed by atoms with Crippen LogP contribution in [0.3, 0.4) is 0 Å². The fraction of sp³-hybridized carbons (Fsp3) is 0.533. The van der Waals surface area contributed by atoms with Gasteiger partial charge >= 0.3 is 0 Å². The molecule has 0 bridgehead atoms. The molecule has 104 valence electrons. The average Bonchev–Trinajstić information content (AvgIpc) is 2.62. The molecule has 1 aromatic carbocycles. The minimum Gasteiger partial charge on any atom is -0.369 e. The van der Waals surface area contributed by atoms with Crippen molar-refractivity contribution in [3.05, 3.63) is 34.9 Å². The molecular weight excluding hydrogens is 260 g/mol. The van der Waals surface area contributed by atoms with E-state index in [0.29, 0.717) is 12.0 Å². The number of nitrogens with one attached hydrogen (secondary N) is 1. The summed E-state index contributed by atoms with van der Waals surface area (Å²) in [5.41, 5.74) is 6.53. The number of carbonyl (C=O) groups excluding carboxylic acids is 1. The number of halogens is 1. The highest BCUT2D eigenvalue weighted by Crippen LogP contribution is 2.32. The molecular formula is C15H21ClN2O. The van der Waals surface area contributed by atoms with Crippen molar-refractivity contribution in [1.29, 1.82) is 0 Å². The normalized spacial score (nSPS) is 23.8. The Balaban J connectivity index is 2.11. The predicted molar refractivity (Wildman–Crippen MR) is 78.3 cm³/mol. The maximum Gasteiger partial charge on any atom is 0.231 e. The molecule has 0 aromatic heterocycles. The summed E-state index contributed by atoms with van der Waals surface area (Å²) in [5.74, 6) is 0.151. The van der Waals surface area contributed by atoms with E-state index in [1.807, 2.05) is 12.1 Å². The Hall–Kier alpha value is -1.06. The van der Waals surface area contributed by atoms with Gasteiger partial charge < -0.3 is 11.1 Å². The van der Waals surface area contributed by atoms with E-state index in [0.717, 1.165) is 17.9 Å². The van der Waals surface area contributed by atoms with Gasteiger partial charge in [-0.15, -0.1) is 0 Å². The number of amides is 1. The van der Waals surface area contributed by atoms with Crippen LogP contribution in [-0.4, -0.2) is 18.5 Å². The van der Waals surface area contributed by atoms with Gasteiger partial charge in [0.25, 0.3) is 0 Å². The first-order valence-electron chi connectivity index (χ1n) is 6.94. The highest BCUT2D eigenvalue weighted by Gasteiger charge is 2.24. The molecule has 1 fully saturated rings. The second-order valence-electron chi connectivity index (χ2n) is 5.25. The minimum absolute atomic E-state index is 0.259. The molecule has 0 spiro atoms. The van der Waals surface area contributed by atoms with E-state index in [9.17, 15) is 4.79 Å². The summed E-state index contributed by atoms with van der Waals surface area (Å²) in [6.45, 7) is 0.259. The number of nitrogens with two attached hydrogens (primary N) is 1. The van der Waals surface area contributed by atoms with Gasteiger partial charge in [0, 0.05) is 11.1 Å². The first-order valence-corrected chi connectivity index (χ1v) is 7.32. The molecule has 2 rings (SSSR count). The Morgan fingerprint density at radius 3 is 2.58 bits per heavy atom. The molecule has 2 unspecified atom stereocenters. The van der Waals surface area contributed by atoms with Gasteiger partial charge in [-0.3, -0.25) is 4.79 Å². The standard InChI is InChI=1S/C15H21ClN2O/c16-12-8-6-11(7-9-12)13-4-2-1-3-5-14(13)18-10-15(17)19/h6-9,13-14,18H,1-5,10H2,(H2,17,19). The number of primary amides is 1. The van der Waals surface area contributed by atoms with E-state index in [2.05, 4.69) is 17.4 Å². The van der Waals surface area contributed by atoms with Crippen molar-refractivity contribution in [2.24, 2.45) is 5.73 Å². The van der Waals surface area contributed by atoms with Gasteiger partial charge in [0.1, 0.15) is 0 Å². The maximum atomic E-state index is 11.0. The van der Waals surface area contributed by atoms with Gasteiger partial charge in [0.05, 0.1) is 6.54 Å². The number of rotatable bonds is 4. The van der Waals surface area contributed by atoms with Crippen molar-refractivity contribution in [1.82, 2.24) is 5.32 Å². The molecule has 1 saturated carbocycles. The fourth-order valence-corrected chi connectivity index (χ4v) is 3.02. The Bertz CT molecular complexity index is 419. The molecule has 1 aliphatic carbocycles. The summed E-state index contributed by atoms with van der Waals surface area (Å²) >= 11 is 5.95. The lowest BCUT2D eigenvalue weighted by molar-refractivity contribution is -0.117.